The summed E-state index contributed by atoms with van der Waals surface area (Å²) in [7, 11) is 2.13. The largest absolute Gasteiger partial charge is 0.396 e. The van der Waals surface area contributed by atoms with Gasteiger partial charge in [0.25, 0.3) is 0 Å². The van der Waals surface area contributed by atoms with Gasteiger partial charge in [0.2, 0.25) is 0 Å². The van der Waals surface area contributed by atoms with Gasteiger partial charge in [0.1, 0.15) is 0 Å². The summed E-state index contributed by atoms with van der Waals surface area (Å²) in [4.78, 5) is 2.31. The second-order valence-electron chi connectivity index (χ2n) is 4.91. The van der Waals surface area contributed by atoms with Crippen molar-refractivity contribution >= 4 is 0 Å². The molecule has 0 aliphatic heterocycles. The highest BCUT2D eigenvalue weighted by atomic mass is 16.3. The first-order valence-electron chi connectivity index (χ1n) is 5.23. The normalized spacial score (nSPS) is 16.6. The molecule has 0 aromatic carbocycles. The molecule has 1 unspecified atom stereocenters. The SMILES string of the molecule is CCC(C)(CO)CN(C)CC(C)C. The lowest BCUT2D eigenvalue weighted by Crippen LogP contribution is -2.37. The van der Waals surface area contributed by atoms with Crippen molar-refractivity contribution in [2.75, 3.05) is 26.7 Å². The standard InChI is InChI=1S/C11H25NO/c1-6-11(4,9-13)8-12(5)7-10(2)3/h10,13H,6-9H2,1-5H3. The summed E-state index contributed by atoms with van der Waals surface area (Å²) in [6, 6.07) is 0. The van der Waals surface area contributed by atoms with Gasteiger partial charge in [-0.25, -0.2) is 0 Å². The summed E-state index contributed by atoms with van der Waals surface area (Å²) in [5, 5.41) is 9.24. The van der Waals surface area contributed by atoms with Crippen LogP contribution in [0.5, 0.6) is 0 Å². The van der Waals surface area contributed by atoms with E-state index in [4.69, 9.17) is 0 Å². The Labute approximate surface area is 82.9 Å². The fourth-order valence-corrected chi connectivity index (χ4v) is 1.61. The van der Waals surface area contributed by atoms with Gasteiger partial charge in [-0.2, -0.15) is 0 Å². The molecule has 0 amide bonds. The lowest BCUT2D eigenvalue weighted by atomic mass is 9.88. The molecule has 13 heavy (non-hydrogen) atoms. The zero-order valence-electron chi connectivity index (χ0n) is 9.80. The van der Waals surface area contributed by atoms with Gasteiger partial charge in [-0.15, -0.1) is 0 Å². The van der Waals surface area contributed by atoms with Gasteiger partial charge in [0, 0.05) is 25.1 Å². The van der Waals surface area contributed by atoms with E-state index in [0.29, 0.717) is 5.92 Å². The van der Waals surface area contributed by atoms with Crippen LogP contribution in [0.3, 0.4) is 0 Å². The van der Waals surface area contributed by atoms with E-state index >= 15 is 0 Å². The number of nitrogens with zero attached hydrogens (tertiary/aromatic N) is 1. The molecule has 0 aliphatic carbocycles. The second kappa shape index (κ2) is 5.61. The second-order valence-corrected chi connectivity index (χ2v) is 4.91. The first kappa shape index (κ1) is 12.9. The maximum absolute atomic E-state index is 9.24. The Balaban J connectivity index is 3.94. The molecule has 1 N–H and O–H groups in total. The van der Waals surface area contributed by atoms with Crippen LogP contribution in [0.25, 0.3) is 0 Å². The third-order valence-electron chi connectivity index (χ3n) is 2.56. The third kappa shape index (κ3) is 5.27. The van der Waals surface area contributed by atoms with Gasteiger partial charge in [0.15, 0.2) is 0 Å². The van der Waals surface area contributed by atoms with E-state index in [1.165, 1.54) is 0 Å². The van der Waals surface area contributed by atoms with Crippen molar-refractivity contribution in [2.24, 2.45) is 11.3 Å². The Hall–Kier alpha value is -0.0800. The molecule has 80 valence electrons. The predicted molar refractivity (Wildman–Crippen MR) is 57.8 cm³/mol. The van der Waals surface area contributed by atoms with Crippen molar-refractivity contribution in [1.82, 2.24) is 4.90 Å². The minimum Gasteiger partial charge on any atom is -0.396 e. The maximum Gasteiger partial charge on any atom is 0.0496 e. The maximum atomic E-state index is 9.24. The van der Waals surface area contributed by atoms with E-state index in [-0.39, 0.29) is 12.0 Å². The molecule has 0 spiro atoms. The van der Waals surface area contributed by atoms with Gasteiger partial charge in [0.05, 0.1) is 0 Å². The summed E-state index contributed by atoms with van der Waals surface area (Å²) in [6.07, 6.45) is 1.03. The Kier molecular flexibility index (Phi) is 5.57. The molecule has 0 fully saturated rings. The van der Waals surface area contributed by atoms with E-state index in [2.05, 4.69) is 39.6 Å². The molecular weight excluding hydrogens is 162 g/mol. The lowest BCUT2D eigenvalue weighted by Gasteiger charge is -2.31. The number of aliphatic hydroxyl groups is 1. The van der Waals surface area contributed by atoms with E-state index < -0.39 is 0 Å². The molecule has 0 rings (SSSR count). The van der Waals surface area contributed by atoms with Crippen molar-refractivity contribution in [3.05, 3.63) is 0 Å². The molecule has 0 saturated heterocycles. The zero-order chi connectivity index (χ0) is 10.5. The van der Waals surface area contributed by atoms with Gasteiger partial charge in [-0.3, -0.25) is 0 Å². The van der Waals surface area contributed by atoms with Crippen LogP contribution in [0.2, 0.25) is 0 Å². The van der Waals surface area contributed by atoms with Crippen LogP contribution in [0, 0.1) is 11.3 Å². The quantitative estimate of drug-likeness (QED) is 0.687. The number of hydrogen-bond donors (Lipinski definition) is 1. The highest BCUT2D eigenvalue weighted by Gasteiger charge is 2.22. The Morgan fingerprint density at radius 3 is 2.23 bits per heavy atom. The summed E-state index contributed by atoms with van der Waals surface area (Å²) in [5.41, 5.74) is 0.0731. The molecule has 2 heteroatoms. The van der Waals surface area contributed by atoms with Crippen molar-refractivity contribution in [3.63, 3.8) is 0 Å². The molecule has 0 saturated carbocycles. The van der Waals surface area contributed by atoms with E-state index in [1.54, 1.807) is 0 Å². The minimum absolute atomic E-state index is 0.0731. The van der Waals surface area contributed by atoms with Crippen molar-refractivity contribution in [2.45, 2.75) is 34.1 Å². The van der Waals surface area contributed by atoms with Crippen LogP contribution in [-0.2, 0) is 0 Å². The molecular formula is C11H25NO. The topological polar surface area (TPSA) is 23.5 Å². The first-order valence-corrected chi connectivity index (χ1v) is 5.23. The molecule has 0 aromatic rings. The molecule has 1 atom stereocenters. The van der Waals surface area contributed by atoms with Gasteiger partial charge in [-0.1, -0.05) is 27.7 Å². The molecule has 2 nitrogen and oxygen atoms in total. The average Bonchev–Trinajstić information content (AvgIpc) is 2.02. The van der Waals surface area contributed by atoms with Crippen LogP contribution in [0.15, 0.2) is 0 Å². The lowest BCUT2D eigenvalue weighted by molar-refractivity contribution is 0.0911. The Morgan fingerprint density at radius 2 is 1.92 bits per heavy atom. The molecule has 0 heterocycles. The Bertz CT molecular complexity index is 130. The number of aliphatic hydroxyl groups excluding tert-OH is 1. The fraction of sp³-hybridized carbons (Fsp3) is 1.00. The molecule has 0 aliphatic rings. The monoisotopic (exact) mass is 187 g/mol. The summed E-state index contributed by atoms with van der Waals surface area (Å²) in [6.45, 7) is 11.1. The predicted octanol–water partition coefficient (Wildman–Crippen LogP) is 1.98. The minimum atomic E-state index is 0.0731. The zero-order valence-corrected chi connectivity index (χ0v) is 9.80. The van der Waals surface area contributed by atoms with Crippen molar-refractivity contribution in [1.29, 1.82) is 0 Å². The Morgan fingerprint density at radius 1 is 1.38 bits per heavy atom. The van der Waals surface area contributed by atoms with Crippen LogP contribution in [0.4, 0.5) is 0 Å². The average molecular weight is 187 g/mol. The van der Waals surface area contributed by atoms with Crippen molar-refractivity contribution < 1.29 is 5.11 Å². The fourth-order valence-electron chi connectivity index (χ4n) is 1.61. The summed E-state index contributed by atoms with van der Waals surface area (Å²) >= 11 is 0. The van der Waals surface area contributed by atoms with E-state index in [9.17, 15) is 5.11 Å². The van der Waals surface area contributed by atoms with Crippen LogP contribution < -0.4 is 0 Å². The van der Waals surface area contributed by atoms with E-state index in [1.807, 2.05) is 0 Å². The molecule has 0 aromatic heterocycles. The van der Waals surface area contributed by atoms with Gasteiger partial charge >= 0.3 is 0 Å². The summed E-state index contributed by atoms with van der Waals surface area (Å²) in [5.74, 6) is 0.699. The highest BCUT2D eigenvalue weighted by Crippen LogP contribution is 2.21. The first-order chi connectivity index (χ1) is 5.93. The van der Waals surface area contributed by atoms with Crippen LogP contribution in [-0.4, -0.2) is 36.8 Å². The summed E-state index contributed by atoms with van der Waals surface area (Å²) < 4.78 is 0. The van der Waals surface area contributed by atoms with Gasteiger partial charge in [-0.05, 0) is 19.4 Å². The molecule has 0 bridgehead atoms. The van der Waals surface area contributed by atoms with E-state index in [0.717, 1.165) is 19.5 Å². The van der Waals surface area contributed by atoms with Crippen LogP contribution in [0.1, 0.15) is 34.1 Å². The molecule has 0 radical (unpaired) electrons. The van der Waals surface area contributed by atoms with Crippen LogP contribution >= 0.6 is 0 Å². The number of rotatable bonds is 6. The third-order valence-corrected chi connectivity index (χ3v) is 2.56. The van der Waals surface area contributed by atoms with Crippen molar-refractivity contribution in [3.8, 4) is 0 Å². The highest BCUT2D eigenvalue weighted by molar-refractivity contribution is 4.75. The van der Waals surface area contributed by atoms with Gasteiger partial charge < -0.3 is 10.0 Å². The smallest absolute Gasteiger partial charge is 0.0496 e. The number of hydrogen-bond acceptors (Lipinski definition) is 2.